The first-order valence-electron chi connectivity index (χ1n) is 7.50. The molecule has 1 aromatic heterocycles. The van der Waals surface area contributed by atoms with Gasteiger partial charge in [0.05, 0.1) is 16.3 Å². The largest absolute Gasteiger partial charge is 0.333 e. The molecule has 1 heterocycles. The number of carbonyl (C=O) groups excluding carboxylic acids is 2. The van der Waals surface area contributed by atoms with Crippen molar-refractivity contribution in [2.75, 3.05) is 5.32 Å². The number of rotatable bonds is 4. The van der Waals surface area contributed by atoms with Gasteiger partial charge < -0.3 is 10.3 Å². The molecule has 0 aliphatic rings. The first-order valence-corrected chi connectivity index (χ1v) is 8.76. The molecule has 0 spiro atoms. The summed E-state index contributed by atoms with van der Waals surface area (Å²) in [5, 5.41) is 5.61. The van der Waals surface area contributed by atoms with Crippen LogP contribution in [-0.4, -0.2) is 27.2 Å². The Morgan fingerprint density at radius 2 is 1.96 bits per heavy atom. The van der Waals surface area contributed by atoms with Crippen molar-refractivity contribution in [2.45, 2.75) is 17.3 Å². The molecule has 0 aliphatic heterocycles. The predicted octanol–water partition coefficient (Wildman–Crippen LogP) is 4.05. The Kier molecular flexibility index (Phi) is 5.25. The lowest BCUT2D eigenvalue weighted by Gasteiger charge is -2.10. The predicted molar refractivity (Wildman–Crippen MR) is 100 cm³/mol. The number of anilines is 1. The number of carbonyl (C=O) groups is 2. The third-order valence-electron chi connectivity index (χ3n) is 3.35. The topological polar surface area (TPSA) is 86.9 Å². The molecule has 0 radical (unpaired) electrons. The lowest BCUT2D eigenvalue weighted by molar-refractivity contribution is -0.119. The van der Waals surface area contributed by atoms with E-state index in [1.165, 1.54) is 11.8 Å². The molecule has 0 fully saturated rings. The Morgan fingerprint density at radius 1 is 1.20 bits per heavy atom. The second-order valence-electron chi connectivity index (χ2n) is 5.27. The van der Waals surface area contributed by atoms with E-state index in [1.807, 2.05) is 6.07 Å². The summed E-state index contributed by atoms with van der Waals surface area (Å²) in [6, 6.07) is 13.7. The average molecular weight is 375 g/mol. The zero-order valence-corrected chi connectivity index (χ0v) is 14.8. The summed E-state index contributed by atoms with van der Waals surface area (Å²) in [6.45, 7) is 1.70. The summed E-state index contributed by atoms with van der Waals surface area (Å²) < 4.78 is 0. The fourth-order valence-corrected chi connectivity index (χ4v) is 3.13. The van der Waals surface area contributed by atoms with Crippen LogP contribution in [0.15, 0.2) is 53.7 Å². The molecule has 3 N–H and O–H groups in total. The van der Waals surface area contributed by atoms with Crippen molar-refractivity contribution >= 4 is 52.0 Å². The van der Waals surface area contributed by atoms with Gasteiger partial charge in [0.2, 0.25) is 5.91 Å². The maximum absolute atomic E-state index is 12.2. The summed E-state index contributed by atoms with van der Waals surface area (Å²) in [4.78, 5) is 31.5. The van der Waals surface area contributed by atoms with Gasteiger partial charge in [-0.3, -0.25) is 10.1 Å². The van der Waals surface area contributed by atoms with Crippen molar-refractivity contribution in [3.05, 3.63) is 53.6 Å². The molecule has 0 aliphatic carbocycles. The third-order valence-corrected chi connectivity index (χ3v) is 4.57. The number of imide groups is 1. The Morgan fingerprint density at radius 3 is 2.72 bits per heavy atom. The number of benzene rings is 2. The summed E-state index contributed by atoms with van der Waals surface area (Å²) in [7, 11) is 0. The highest BCUT2D eigenvalue weighted by atomic mass is 35.5. The Bertz CT molecular complexity index is 913. The van der Waals surface area contributed by atoms with Crippen molar-refractivity contribution in [3.8, 4) is 0 Å². The van der Waals surface area contributed by atoms with Gasteiger partial charge in [-0.2, -0.15) is 0 Å². The molecular formula is C17H15ClN4O2S. The number of H-pyrrole nitrogens is 1. The van der Waals surface area contributed by atoms with Crippen molar-refractivity contribution in [3.63, 3.8) is 0 Å². The minimum absolute atomic E-state index is 0.406. The normalized spacial score (nSPS) is 11.9. The van der Waals surface area contributed by atoms with Gasteiger partial charge in [0.15, 0.2) is 5.16 Å². The standard InChI is InChI=1S/C17H15ClN4O2S/c1-10(15(23)22-16(24)19-12-5-3-2-4-6-12)25-17-20-13-8-7-11(18)9-14(13)21-17/h2-10H,1H3,(H,20,21)(H2,19,22,23,24). The molecular weight excluding hydrogens is 360 g/mol. The number of aromatic nitrogens is 2. The van der Waals surface area contributed by atoms with Crippen LogP contribution in [0.5, 0.6) is 0 Å². The van der Waals surface area contributed by atoms with E-state index in [0.717, 1.165) is 11.0 Å². The van der Waals surface area contributed by atoms with E-state index in [1.54, 1.807) is 49.4 Å². The number of thioether (sulfide) groups is 1. The maximum atomic E-state index is 12.2. The number of nitrogens with one attached hydrogen (secondary N) is 3. The quantitative estimate of drug-likeness (QED) is 0.601. The number of urea groups is 1. The molecule has 1 unspecified atom stereocenters. The lowest BCUT2D eigenvalue weighted by Crippen LogP contribution is -2.38. The number of halogens is 1. The molecule has 1 atom stereocenters. The average Bonchev–Trinajstić information content (AvgIpc) is 2.96. The Balaban J connectivity index is 1.58. The molecule has 0 saturated carbocycles. The highest BCUT2D eigenvalue weighted by molar-refractivity contribution is 8.00. The van der Waals surface area contributed by atoms with Gasteiger partial charge in [0.1, 0.15) is 0 Å². The van der Waals surface area contributed by atoms with Gasteiger partial charge >= 0.3 is 6.03 Å². The second-order valence-corrected chi connectivity index (χ2v) is 7.04. The number of nitrogens with zero attached hydrogens (tertiary/aromatic N) is 1. The second kappa shape index (κ2) is 7.58. The number of fused-ring (bicyclic) bond motifs is 1. The molecule has 6 nitrogen and oxygen atoms in total. The van der Waals surface area contributed by atoms with E-state index >= 15 is 0 Å². The van der Waals surface area contributed by atoms with Crippen LogP contribution in [0.1, 0.15) is 6.92 Å². The molecule has 0 saturated heterocycles. The third kappa shape index (κ3) is 4.52. The summed E-state index contributed by atoms with van der Waals surface area (Å²) in [5.74, 6) is -0.406. The number of hydrogen-bond donors (Lipinski definition) is 3. The number of hydrogen-bond acceptors (Lipinski definition) is 4. The zero-order valence-electron chi connectivity index (χ0n) is 13.2. The van der Waals surface area contributed by atoms with Gasteiger partial charge in [-0.15, -0.1) is 0 Å². The number of para-hydroxylation sites is 1. The molecule has 3 rings (SSSR count). The van der Waals surface area contributed by atoms with Crippen LogP contribution < -0.4 is 10.6 Å². The molecule has 25 heavy (non-hydrogen) atoms. The molecule has 3 aromatic rings. The minimum Gasteiger partial charge on any atom is -0.333 e. The van der Waals surface area contributed by atoms with Crippen LogP contribution in [0.3, 0.4) is 0 Å². The van der Waals surface area contributed by atoms with Crippen molar-refractivity contribution in [1.29, 1.82) is 0 Å². The van der Waals surface area contributed by atoms with Crippen LogP contribution in [0.25, 0.3) is 11.0 Å². The smallest absolute Gasteiger partial charge is 0.325 e. The van der Waals surface area contributed by atoms with Gasteiger partial charge in [0.25, 0.3) is 0 Å². The Labute approximate surface area is 153 Å². The number of imidazole rings is 1. The van der Waals surface area contributed by atoms with Gasteiger partial charge in [-0.05, 0) is 37.3 Å². The highest BCUT2D eigenvalue weighted by Gasteiger charge is 2.19. The fraction of sp³-hybridized carbons (Fsp3) is 0.118. The Hall–Kier alpha value is -2.51. The van der Waals surface area contributed by atoms with Gasteiger partial charge in [0, 0.05) is 10.7 Å². The van der Waals surface area contributed by atoms with E-state index in [-0.39, 0.29) is 0 Å². The van der Waals surface area contributed by atoms with E-state index < -0.39 is 17.2 Å². The van der Waals surface area contributed by atoms with Crippen LogP contribution >= 0.6 is 23.4 Å². The molecule has 2 aromatic carbocycles. The molecule has 128 valence electrons. The van der Waals surface area contributed by atoms with E-state index in [2.05, 4.69) is 20.6 Å². The highest BCUT2D eigenvalue weighted by Crippen LogP contribution is 2.25. The van der Waals surface area contributed by atoms with E-state index in [0.29, 0.717) is 15.9 Å². The van der Waals surface area contributed by atoms with Gasteiger partial charge in [-0.25, -0.2) is 9.78 Å². The van der Waals surface area contributed by atoms with Gasteiger partial charge in [-0.1, -0.05) is 41.6 Å². The monoisotopic (exact) mass is 374 g/mol. The first kappa shape index (κ1) is 17.3. The minimum atomic E-state index is -0.569. The molecule has 3 amide bonds. The van der Waals surface area contributed by atoms with Crippen LogP contribution in [0.2, 0.25) is 5.02 Å². The van der Waals surface area contributed by atoms with Crippen molar-refractivity contribution in [1.82, 2.24) is 15.3 Å². The van der Waals surface area contributed by atoms with Crippen molar-refractivity contribution in [2.24, 2.45) is 0 Å². The molecule has 0 bridgehead atoms. The van der Waals surface area contributed by atoms with Crippen LogP contribution in [0, 0.1) is 0 Å². The summed E-state index contributed by atoms with van der Waals surface area (Å²) >= 11 is 7.17. The number of amides is 3. The van der Waals surface area contributed by atoms with Crippen LogP contribution in [0.4, 0.5) is 10.5 Å². The van der Waals surface area contributed by atoms with E-state index in [9.17, 15) is 9.59 Å². The zero-order chi connectivity index (χ0) is 17.8. The fourth-order valence-electron chi connectivity index (χ4n) is 2.13. The number of aromatic amines is 1. The first-order chi connectivity index (χ1) is 12.0. The maximum Gasteiger partial charge on any atom is 0.325 e. The van der Waals surface area contributed by atoms with E-state index in [4.69, 9.17) is 11.6 Å². The summed E-state index contributed by atoms with van der Waals surface area (Å²) in [6.07, 6.45) is 0. The summed E-state index contributed by atoms with van der Waals surface area (Å²) in [5.41, 5.74) is 2.17. The molecule has 8 heteroatoms. The SMILES string of the molecule is CC(Sc1nc2ccc(Cl)cc2[nH]1)C(=O)NC(=O)Nc1ccccc1. The van der Waals surface area contributed by atoms with Crippen LogP contribution in [-0.2, 0) is 4.79 Å². The van der Waals surface area contributed by atoms with Crippen molar-refractivity contribution < 1.29 is 9.59 Å². The lowest BCUT2D eigenvalue weighted by atomic mass is 10.3.